The highest BCUT2D eigenvalue weighted by molar-refractivity contribution is 7.98. The van der Waals surface area contributed by atoms with Crippen LogP contribution in [-0.2, 0) is 6.54 Å². The first kappa shape index (κ1) is 14.6. The standard InChI is InChI=1S/C14H24N2S/c1-11(2)14(9-15)16(3)10-12-5-7-13(17-4)8-6-12/h5-8,11,14H,9-10,15H2,1-4H3. The molecule has 0 fully saturated rings. The second-order valence-electron chi connectivity index (χ2n) is 4.81. The monoisotopic (exact) mass is 252 g/mol. The van der Waals surface area contributed by atoms with Crippen molar-refractivity contribution < 1.29 is 0 Å². The van der Waals surface area contributed by atoms with Crippen LogP contribution in [0.15, 0.2) is 29.2 Å². The van der Waals surface area contributed by atoms with Crippen LogP contribution in [0, 0.1) is 5.92 Å². The van der Waals surface area contributed by atoms with Gasteiger partial charge in [0.1, 0.15) is 0 Å². The second kappa shape index (κ2) is 7.04. The third-order valence-electron chi connectivity index (χ3n) is 3.17. The minimum Gasteiger partial charge on any atom is -0.329 e. The maximum atomic E-state index is 5.83. The van der Waals surface area contributed by atoms with Crippen molar-refractivity contribution >= 4 is 11.8 Å². The van der Waals surface area contributed by atoms with E-state index in [9.17, 15) is 0 Å². The van der Waals surface area contributed by atoms with Crippen LogP contribution in [0.1, 0.15) is 19.4 Å². The highest BCUT2D eigenvalue weighted by Gasteiger charge is 2.16. The smallest absolute Gasteiger partial charge is 0.0241 e. The average Bonchev–Trinajstić information content (AvgIpc) is 2.30. The van der Waals surface area contributed by atoms with E-state index in [2.05, 4.69) is 56.3 Å². The molecule has 1 aromatic rings. The van der Waals surface area contributed by atoms with E-state index in [4.69, 9.17) is 5.73 Å². The van der Waals surface area contributed by atoms with E-state index in [1.807, 2.05) is 0 Å². The molecular formula is C14H24N2S. The Balaban J connectivity index is 2.63. The number of nitrogens with two attached hydrogens (primary N) is 1. The Bertz CT molecular complexity index is 321. The minimum atomic E-state index is 0.454. The van der Waals surface area contributed by atoms with Gasteiger partial charge >= 0.3 is 0 Å². The van der Waals surface area contributed by atoms with Gasteiger partial charge in [0.05, 0.1) is 0 Å². The van der Waals surface area contributed by atoms with Crippen molar-refractivity contribution in [2.24, 2.45) is 11.7 Å². The number of thioether (sulfide) groups is 1. The van der Waals surface area contributed by atoms with Gasteiger partial charge in [-0.3, -0.25) is 4.90 Å². The summed E-state index contributed by atoms with van der Waals surface area (Å²) in [6.45, 7) is 6.14. The molecule has 3 heteroatoms. The number of benzene rings is 1. The van der Waals surface area contributed by atoms with Crippen LogP contribution in [0.3, 0.4) is 0 Å². The molecule has 0 bridgehead atoms. The van der Waals surface area contributed by atoms with Crippen molar-refractivity contribution in [3.8, 4) is 0 Å². The maximum Gasteiger partial charge on any atom is 0.0241 e. The first-order valence-electron chi connectivity index (χ1n) is 6.11. The molecule has 0 aromatic heterocycles. The molecule has 0 heterocycles. The van der Waals surface area contributed by atoms with E-state index in [1.165, 1.54) is 10.5 Å². The Morgan fingerprint density at radius 1 is 1.24 bits per heavy atom. The molecular weight excluding hydrogens is 228 g/mol. The quantitative estimate of drug-likeness (QED) is 0.789. The average molecular weight is 252 g/mol. The molecule has 96 valence electrons. The predicted octanol–water partition coefficient (Wildman–Crippen LogP) is 2.82. The van der Waals surface area contributed by atoms with Crippen molar-refractivity contribution in [2.45, 2.75) is 31.3 Å². The van der Waals surface area contributed by atoms with Gasteiger partial charge in [0.25, 0.3) is 0 Å². The van der Waals surface area contributed by atoms with Crippen LogP contribution >= 0.6 is 11.8 Å². The second-order valence-corrected chi connectivity index (χ2v) is 5.69. The summed E-state index contributed by atoms with van der Waals surface area (Å²) in [5.74, 6) is 0.593. The molecule has 0 aliphatic heterocycles. The number of likely N-dealkylation sites (N-methyl/N-ethyl adjacent to an activating group) is 1. The molecule has 0 amide bonds. The molecule has 0 saturated carbocycles. The van der Waals surface area contributed by atoms with E-state index in [0.717, 1.165) is 13.1 Å². The highest BCUT2D eigenvalue weighted by atomic mass is 32.2. The number of hydrogen-bond acceptors (Lipinski definition) is 3. The van der Waals surface area contributed by atoms with Gasteiger partial charge in [-0.15, -0.1) is 11.8 Å². The molecule has 0 saturated heterocycles. The topological polar surface area (TPSA) is 29.3 Å². The maximum absolute atomic E-state index is 5.83. The van der Waals surface area contributed by atoms with Gasteiger partial charge in [0.15, 0.2) is 0 Å². The summed E-state index contributed by atoms with van der Waals surface area (Å²) < 4.78 is 0. The molecule has 0 spiro atoms. The van der Waals surface area contributed by atoms with Gasteiger partial charge in [-0.1, -0.05) is 26.0 Å². The fourth-order valence-corrected chi connectivity index (χ4v) is 2.51. The summed E-state index contributed by atoms with van der Waals surface area (Å²) in [5.41, 5.74) is 7.18. The van der Waals surface area contributed by atoms with E-state index >= 15 is 0 Å². The van der Waals surface area contributed by atoms with Crippen LogP contribution in [-0.4, -0.2) is 30.8 Å². The summed E-state index contributed by atoms with van der Waals surface area (Å²) >= 11 is 1.78. The zero-order valence-corrected chi connectivity index (χ0v) is 12.1. The number of rotatable bonds is 6. The number of nitrogens with zero attached hydrogens (tertiary/aromatic N) is 1. The molecule has 0 radical (unpaired) electrons. The van der Waals surface area contributed by atoms with E-state index < -0.39 is 0 Å². The molecule has 17 heavy (non-hydrogen) atoms. The Hall–Kier alpha value is -0.510. The molecule has 1 aromatic carbocycles. The Morgan fingerprint density at radius 2 is 1.82 bits per heavy atom. The molecule has 1 unspecified atom stereocenters. The van der Waals surface area contributed by atoms with Crippen LogP contribution in [0.25, 0.3) is 0 Å². The van der Waals surface area contributed by atoms with Crippen LogP contribution in [0.5, 0.6) is 0 Å². The van der Waals surface area contributed by atoms with Crippen LogP contribution in [0.2, 0.25) is 0 Å². The zero-order valence-electron chi connectivity index (χ0n) is 11.3. The SMILES string of the molecule is CSc1ccc(CN(C)C(CN)C(C)C)cc1. The molecule has 1 rings (SSSR count). The van der Waals surface area contributed by atoms with Gasteiger partial charge < -0.3 is 5.73 Å². The molecule has 2 nitrogen and oxygen atoms in total. The summed E-state index contributed by atoms with van der Waals surface area (Å²) in [4.78, 5) is 3.66. The van der Waals surface area contributed by atoms with Crippen LogP contribution < -0.4 is 5.73 Å². The van der Waals surface area contributed by atoms with Crippen molar-refractivity contribution in [1.82, 2.24) is 4.90 Å². The third kappa shape index (κ3) is 4.34. The summed E-state index contributed by atoms with van der Waals surface area (Å²) in [6, 6.07) is 9.23. The summed E-state index contributed by atoms with van der Waals surface area (Å²) in [6.07, 6.45) is 2.10. The van der Waals surface area contributed by atoms with Crippen molar-refractivity contribution in [1.29, 1.82) is 0 Å². The fraction of sp³-hybridized carbons (Fsp3) is 0.571. The van der Waals surface area contributed by atoms with Gasteiger partial charge in [-0.05, 0) is 36.9 Å². The Morgan fingerprint density at radius 3 is 2.24 bits per heavy atom. The minimum absolute atomic E-state index is 0.454. The summed E-state index contributed by atoms with van der Waals surface area (Å²) in [7, 11) is 2.15. The van der Waals surface area contributed by atoms with E-state index in [0.29, 0.717) is 12.0 Å². The van der Waals surface area contributed by atoms with E-state index in [1.54, 1.807) is 11.8 Å². The lowest BCUT2D eigenvalue weighted by Crippen LogP contribution is -2.41. The van der Waals surface area contributed by atoms with Crippen molar-refractivity contribution in [3.63, 3.8) is 0 Å². The Labute approximate surface area is 110 Å². The molecule has 2 N–H and O–H groups in total. The lowest BCUT2D eigenvalue weighted by molar-refractivity contribution is 0.190. The predicted molar refractivity (Wildman–Crippen MR) is 77.4 cm³/mol. The molecule has 0 aliphatic rings. The Kier molecular flexibility index (Phi) is 6.03. The molecule has 1 atom stereocenters. The van der Waals surface area contributed by atoms with Gasteiger partial charge in [-0.25, -0.2) is 0 Å². The van der Waals surface area contributed by atoms with Crippen LogP contribution in [0.4, 0.5) is 0 Å². The first-order valence-corrected chi connectivity index (χ1v) is 7.34. The number of hydrogen-bond donors (Lipinski definition) is 1. The lowest BCUT2D eigenvalue weighted by atomic mass is 10.0. The molecule has 0 aliphatic carbocycles. The van der Waals surface area contributed by atoms with Gasteiger partial charge in [0.2, 0.25) is 0 Å². The highest BCUT2D eigenvalue weighted by Crippen LogP contribution is 2.17. The first-order chi connectivity index (χ1) is 8.08. The van der Waals surface area contributed by atoms with E-state index in [-0.39, 0.29) is 0 Å². The zero-order chi connectivity index (χ0) is 12.8. The van der Waals surface area contributed by atoms with Gasteiger partial charge in [0, 0.05) is 24.0 Å². The lowest BCUT2D eigenvalue weighted by Gasteiger charge is -2.30. The third-order valence-corrected chi connectivity index (χ3v) is 3.91. The largest absolute Gasteiger partial charge is 0.329 e. The fourth-order valence-electron chi connectivity index (χ4n) is 2.10. The van der Waals surface area contributed by atoms with Crippen molar-refractivity contribution in [3.05, 3.63) is 29.8 Å². The normalized spacial score (nSPS) is 13.4. The van der Waals surface area contributed by atoms with Gasteiger partial charge in [-0.2, -0.15) is 0 Å². The van der Waals surface area contributed by atoms with Crippen molar-refractivity contribution in [2.75, 3.05) is 19.8 Å². The summed E-state index contributed by atoms with van der Waals surface area (Å²) in [5, 5.41) is 0.